The molecule has 0 aliphatic heterocycles. The Balaban J connectivity index is 1.65. The molecule has 0 aliphatic rings. The molecular weight excluding hydrogens is 316 g/mol. The summed E-state index contributed by atoms with van der Waals surface area (Å²) in [5.74, 6) is 0.781. The second-order valence-electron chi connectivity index (χ2n) is 5.31. The van der Waals surface area contributed by atoms with Crippen LogP contribution in [-0.4, -0.2) is 10.9 Å². The molecule has 1 amide bonds. The van der Waals surface area contributed by atoms with Gasteiger partial charge in [-0.25, -0.2) is 0 Å². The molecule has 0 saturated carbocycles. The lowest BCUT2D eigenvalue weighted by Gasteiger charge is -2.10. The highest BCUT2D eigenvalue weighted by Gasteiger charge is 2.11. The first-order chi connectivity index (χ1) is 11.8. The van der Waals surface area contributed by atoms with Crippen molar-refractivity contribution in [3.05, 3.63) is 95.8 Å². The number of hydrogen-bond donors (Lipinski definition) is 1. The van der Waals surface area contributed by atoms with Crippen molar-refractivity contribution < 1.29 is 4.79 Å². The highest BCUT2D eigenvalue weighted by atomic mass is 32.2. The average molecular weight is 334 g/mol. The zero-order valence-electron chi connectivity index (χ0n) is 13.2. The number of carbonyl (C=O) groups is 1. The van der Waals surface area contributed by atoms with Crippen molar-refractivity contribution in [3.63, 3.8) is 0 Å². The number of nitrogens with zero attached hydrogens (tertiary/aromatic N) is 1. The molecule has 1 N–H and O–H groups in total. The van der Waals surface area contributed by atoms with E-state index in [0.717, 1.165) is 16.2 Å². The minimum atomic E-state index is -0.0602. The summed E-state index contributed by atoms with van der Waals surface area (Å²) in [5, 5.41) is 2.96. The van der Waals surface area contributed by atoms with Crippen molar-refractivity contribution in [1.82, 2.24) is 10.3 Å². The summed E-state index contributed by atoms with van der Waals surface area (Å²) in [6.07, 6.45) is 3.48. The SMILES string of the molecule is O=C(NCc1cccnc1)c1ccccc1SCc1ccccc1. The van der Waals surface area contributed by atoms with E-state index in [1.54, 1.807) is 24.2 Å². The van der Waals surface area contributed by atoms with Crippen LogP contribution in [0.25, 0.3) is 0 Å². The fourth-order valence-corrected chi connectivity index (χ4v) is 3.30. The smallest absolute Gasteiger partial charge is 0.252 e. The molecular formula is C20H18N2OS. The summed E-state index contributed by atoms with van der Waals surface area (Å²) >= 11 is 1.68. The maximum absolute atomic E-state index is 12.5. The lowest BCUT2D eigenvalue weighted by molar-refractivity contribution is 0.0948. The Hall–Kier alpha value is -2.59. The summed E-state index contributed by atoms with van der Waals surface area (Å²) in [4.78, 5) is 17.6. The molecule has 3 rings (SSSR count). The fourth-order valence-electron chi connectivity index (χ4n) is 2.30. The first kappa shape index (κ1) is 16.3. The van der Waals surface area contributed by atoms with Crippen molar-refractivity contribution in [2.45, 2.75) is 17.2 Å². The van der Waals surface area contributed by atoms with Crippen LogP contribution < -0.4 is 5.32 Å². The Morgan fingerprint density at radius 1 is 0.917 bits per heavy atom. The van der Waals surface area contributed by atoms with Crippen LogP contribution in [0.5, 0.6) is 0 Å². The van der Waals surface area contributed by atoms with Crippen LogP contribution >= 0.6 is 11.8 Å². The zero-order chi connectivity index (χ0) is 16.6. The summed E-state index contributed by atoms with van der Waals surface area (Å²) in [6, 6.07) is 21.8. The molecule has 3 aromatic rings. The minimum Gasteiger partial charge on any atom is -0.348 e. The summed E-state index contributed by atoms with van der Waals surface area (Å²) in [6.45, 7) is 0.477. The van der Waals surface area contributed by atoms with E-state index >= 15 is 0 Å². The van der Waals surface area contributed by atoms with Gasteiger partial charge in [0.15, 0.2) is 0 Å². The second kappa shape index (κ2) is 8.31. The van der Waals surface area contributed by atoms with Crippen LogP contribution in [0.2, 0.25) is 0 Å². The van der Waals surface area contributed by atoms with E-state index < -0.39 is 0 Å². The highest BCUT2D eigenvalue weighted by molar-refractivity contribution is 7.98. The number of amides is 1. The van der Waals surface area contributed by atoms with E-state index in [-0.39, 0.29) is 5.91 Å². The van der Waals surface area contributed by atoms with Crippen LogP contribution in [0, 0.1) is 0 Å². The van der Waals surface area contributed by atoms with Gasteiger partial charge in [-0.15, -0.1) is 11.8 Å². The third-order valence-electron chi connectivity index (χ3n) is 3.54. The Kier molecular flexibility index (Phi) is 5.64. The standard InChI is InChI=1S/C20H18N2OS/c23-20(22-14-17-9-6-12-21-13-17)18-10-4-5-11-19(18)24-15-16-7-2-1-3-8-16/h1-13H,14-15H2,(H,22,23). The lowest BCUT2D eigenvalue weighted by atomic mass is 10.2. The number of nitrogens with one attached hydrogen (secondary N) is 1. The van der Waals surface area contributed by atoms with Crippen molar-refractivity contribution in [3.8, 4) is 0 Å². The van der Waals surface area contributed by atoms with Gasteiger partial charge in [0.25, 0.3) is 5.91 Å². The van der Waals surface area contributed by atoms with Crippen molar-refractivity contribution in [2.24, 2.45) is 0 Å². The molecule has 0 saturated heterocycles. The average Bonchev–Trinajstić information content (AvgIpc) is 2.66. The number of pyridine rings is 1. The molecule has 0 aliphatic carbocycles. The minimum absolute atomic E-state index is 0.0602. The molecule has 1 heterocycles. The van der Waals surface area contributed by atoms with E-state index in [9.17, 15) is 4.79 Å². The number of benzene rings is 2. The van der Waals surface area contributed by atoms with Gasteiger partial charge in [-0.2, -0.15) is 0 Å². The van der Waals surface area contributed by atoms with Gasteiger partial charge in [0.05, 0.1) is 5.56 Å². The van der Waals surface area contributed by atoms with E-state index in [2.05, 4.69) is 22.4 Å². The Morgan fingerprint density at radius 2 is 1.67 bits per heavy atom. The van der Waals surface area contributed by atoms with E-state index in [1.165, 1.54) is 5.56 Å². The monoisotopic (exact) mass is 334 g/mol. The van der Waals surface area contributed by atoms with Gasteiger partial charge in [-0.3, -0.25) is 9.78 Å². The van der Waals surface area contributed by atoms with Gasteiger partial charge in [0.2, 0.25) is 0 Å². The number of rotatable bonds is 6. The third kappa shape index (κ3) is 4.46. The number of hydrogen-bond acceptors (Lipinski definition) is 3. The van der Waals surface area contributed by atoms with Gasteiger partial charge in [-0.1, -0.05) is 48.5 Å². The summed E-state index contributed by atoms with van der Waals surface area (Å²) in [5.41, 5.74) is 2.94. The maximum Gasteiger partial charge on any atom is 0.252 e. The van der Waals surface area contributed by atoms with Gasteiger partial charge in [0, 0.05) is 29.6 Å². The van der Waals surface area contributed by atoms with Gasteiger partial charge >= 0.3 is 0 Å². The molecule has 0 fully saturated rings. The van der Waals surface area contributed by atoms with Crippen LogP contribution in [0.1, 0.15) is 21.5 Å². The second-order valence-corrected chi connectivity index (χ2v) is 6.33. The van der Waals surface area contributed by atoms with Crippen molar-refractivity contribution in [2.75, 3.05) is 0 Å². The largest absolute Gasteiger partial charge is 0.348 e. The van der Waals surface area contributed by atoms with E-state index in [4.69, 9.17) is 0 Å². The van der Waals surface area contributed by atoms with Gasteiger partial charge < -0.3 is 5.32 Å². The van der Waals surface area contributed by atoms with Crippen LogP contribution in [0.4, 0.5) is 0 Å². The molecule has 4 heteroatoms. The summed E-state index contributed by atoms with van der Waals surface area (Å²) in [7, 11) is 0. The third-order valence-corrected chi connectivity index (χ3v) is 4.69. The number of thioether (sulfide) groups is 1. The topological polar surface area (TPSA) is 42.0 Å². The molecule has 0 bridgehead atoms. The normalized spacial score (nSPS) is 10.3. The molecule has 24 heavy (non-hydrogen) atoms. The molecule has 0 atom stereocenters. The predicted octanol–water partition coefficient (Wildman–Crippen LogP) is 4.30. The van der Waals surface area contributed by atoms with Crippen LogP contribution in [0.15, 0.2) is 84.0 Å². The molecule has 0 unspecified atom stereocenters. The lowest BCUT2D eigenvalue weighted by Crippen LogP contribution is -2.23. The first-order valence-electron chi connectivity index (χ1n) is 7.76. The maximum atomic E-state index is 12.5. The zero-order valence-corrected chi connectivity index (χ0v) is 14.0. The van der Waals surface area contributed by atoms with Crippen LogP contribution in [-0.2, 0) is 12.3 Å². The molecule has 0 spiro atoms. The number of aromatic nitrogens is 1. The molecule has 120 valence electrons. The van der Waals surface area contributed by atoms with Crippen LogP contribution in [0.3, 0.4) is 0 Å². The predicted molar refractivity (Wildman–Crippen MR) is 97.9 cm³/mol. The molecule has 1 aromatic heterocycles. The first-order valence-corrected chi connectivity index (χ1v) is 8.74. The molecule has 2 aromatic carbocycles. The quantitative estimate of drug-likeness (QED) is 0.683. The molecule has 0 radical (unpaired) electrons. The summed E-state index contributed by atoms with van der Waals surface area (Å²) < 4.78 is 0. The Morgan fingerprint density at radius 3 is 2.46 bits per heavy atom. The van der Waals surface area contributed by atoms with Gasteiger partial charge in [-0.05, 0) is 29.3 Å². The van der Waals surface area contributed by atoms with Crippen molar-refractivity contribution in [1.29, 1.82) is 0 Å². The van der Waals surface area contributed by atoms with E-state index in [0.29, 0.717) is 12.1 Å². The van der Waals surface area contributed by atoms with Gasteiger partial charge in [0.1, 0.15) is 0 Å². The highest BCUT2D eigenvalue weighted by Crippen LogP contribution is 2.26. The fraction of sp³-hybridized carbons (Fsp3) is 0.100. The molecule has 3 nitrogen and oxygen atoms in total. The number of carbonyl (C=O) groups excluding carboxylic acids is 1. The van der Waals surface area contributed by atoms with E-state index in [1.807, 2.05) is 54.6 Å². The Labute approximate surface area is 146 Å². The Bertz CT molecular complexity index is 791. The van der Waals surface area contributed by atoms with Crippen molar-refractivity contribution >= 4 is 17.7 Å².